The van der Waals surface area contributed by atoms with Crippen LogP contribution in [0.5, 0.6) is 5.75 Å². The van der Waals surface area contributed by atoms with Crippen molar-refractivity contribution in [2.45, 2.75) is 33.2 Å². The topological polar surface area (TPSA) is 66.9 Å². The van der Waals surface area contributed by atoms with Crippen LogP contribution in [0.4, 0.5) is 5.82 Å². The van der Waals surface area contributed by atoms with Crippen LogP contribution in [-0.2, 0) is 13.0 Å². The SMILES string of the molecule is CCCc1cc(N2CCOc3ccc(-c4ccc5nc(C)[nH]c5c4)cc3C2)ncn1. The Bertz CT molecular complexity index is 1200. The molecule has 4 aromatic rings. The second-order valence-corrected chi connectivity index (χ2v) is 7.76. The fourth-order valence-electron chi connectivity index (χ4n) is 4.04. The number of nitrogens with zero attached hydrogens (tertiary/aromatic N) is 4. The van der Waals surface area contributed by atoms with E-state index in [9.17, 15) is 0 Å². The molecule has 0 bridgehead atoms. The summed E-state index contributed by atoms with van der Waals surface area (Å²) in [5.41, 5.74) is 6.64. The van der Waals surface area contributed by atoms with Gasteiger partial charge in [0.15, 0.2) is 0 Å². The molecule has 0 saturated heterocycles. The van der Waals surface area contributed by atoms with Crippen molar-refractivity contribution in [3.63, 3.8) is 0 Å². The van der Waals surface area contributed by atoms with Crippen LogP contribution in [-0.4, -0.2) is 33.1 Å². The molecule has 0 aliphatic carbocycles. The number of fused-ring (bicyclic) bond motifs is 2. The minimum absolute atomic E-state index is 0.638. The number of hydrogen-bond donors (Lipinski definition) is 1. The van der Waals surface area contributed by atoms with Crippen molar-refractivity contribution in [3.8, 4) is 16.9 Å². The van der Waals surface area contributed by atoms with E-state index in [1.54, 1.807) is 6.33 Å². The summed E-state index contributed by atoms with van der Waals surface area (Å²) in [4.78, 5) is 19.0. The number of imidazole rings is 1. The molecule has 2 aromatic carbocycles. The van der Waals surface area contributed by atoms with Crippen LogP contribution in [0.3, 0.4) is 0 Å². The Balaban J connectivity index is 1.47. The van der Waals surface area contributed by atoms with Gasteiger partial charge in [-0.25, -0.2) is 15.0 Å². The summed E-state index contributed by atoms with van der Waals surface area (Å²) in [7, 11) is 0. The number of anilines is 1. The summed E-state index contributed by atoms with van der Waals surface area (Å²) in [5, 5.41) is 0. The molecule has 2 aromatic heterocycles. The highest BCUT2D eigenvalue weighted by molar-refractivity contribution is 5.82. The summed E-state index contributed by atoms with van der Waals surface area (Å²) in [5.74, 6) is 2.84. The van der Waals surface area contributed by atoms with Gasteiger partial charge in [-0.15, -0.1) is 0 Å². The van der Waals surface area contributed by atoms with E-state index in [1.165, 1.54) is 11.1 Å². The Hall–Kier alpha value is -3.41. The molecule has 6 nitrogen and oxygen atoms in total. The standard InChI is InChI=1S/C24H25N5O/c1-3-4-20-13-24(26-15-25-20)29-9-10-30-23-8-6-17(11-19(23)14-29)18-5-7-21-22(12-18)28-16(2)27-21/h5-8,11-13,15H,3-4,9-10,14H2,1-2H3,(H,27,28). The smallest absolute Gasteiger partial charge is 0.132 e. The molecule has 0 spiro atoms. The highest BCUT2D eigenvalue weighted by Crippen LogP contribution is 2.31. The maximum atomic E-state index is 6.04. The molecule has 1 N–H and O–H groups in total. The normalized spacial score (nSPS) is 13.7. The van der Waals surface area contributed by atoms with E-state index in [0.29, 0.717) is 6.61 Å². The second-order valence-electron chi connectivity index (χ2n) is 7.76. The lowest BCUT2D eigenvalue weighted by molar-refractivity contribution is 0.331. The quantitative estimate of drug-likeness (QED) is 0.540. The number of benzene rings is 2. The van der Waals surface area contributed by atoms with Crippen LogP contribution in [0.1, 0.15) is 30.4 Å². The molecule has 3 heterocycles. The zero-order valence-electron chi connectivity index (χ0n) is 17.4. The first-order chi connectivity index (χ1) is 14.7. The largest absolute Gasteiger partial charge is 0.491 e. The Morgan fingerprint density at radius 3 is 2.83 bits per heavy atom. The lowest BCUT2D eigenvalue weighted by Crippen LogP contribution is -2.26. The van der Waals surface area contributed by atoms with Gasteiger partial charge >= 0.3 is 0 Å². The number of H-pyrrole nitrogens is 1. The Labute approximate surface area is 176 Å². The molecule has 0 radical (unpaired) electrons. The molecular weight excluding hydrogens is 374 g/mol. The first-order valence-corrected chi connectivity index (χ1v) is 10.5. The lowest BCUT2D eigenvalue weighted by atomic mass is 10.0. The van der Waals surface area contributed by atoms with Gasteiger partial charge in [-0.2, -0.15) is 0 Å². The van der Waals surface area contributed by atoms with Crippen molar-refractivity contribution in [1.29, 1.82) is 0 Å². The third kappa shape index (κ3) is 3.61. The lowest BCUT2D eigenvalue weighted by Gasteiger charge is -2.21. The molecule has 5 rings (SSSR count). The number of aromatic amines is 1. The van der Waals surface area contributed by atoms with Gasteiger partial charge in [-0.1, -0.05) is 25.5 Å². The summed E-state index contributed by atoms with van der Waals surface area (Å²) in [6.07, 6.45) is 3.72. The predicted octanol–water partition coefficient (Wildman–Crippen LogP) is 4.68. The Kier molecular flexibility index (Phi) is 4.83. The molecule has 0 fully saturated rings. The summed E-state index contributed by atoms with van der Waals surface area (Å²) in [6.45, 7) is 6.34. The monoisotopic (exact) mass is 399 g/mol. The van der Waals surface area contributed by atoms with Gasteiger partial charge in [0.25, 0.3) is 0 Å². The maximum Gasteiger partial charge on any atom is 0.132 e. The Morgan fingerprint density at radius 2 is 1.93 bits per heavy atom. The van der Waals surface area contributed by atoms with E-state index in [2.05, 4.69) is 74.2 Å². The van der Waals surface area contributed by atoms with Crippen LogP contribution in [0.15, 0.2) is 48.8 Å². The van der Waals surface area contributed by atoms with Crippen molar-refractivity contribution in [3.05, 3.63) is 65.9 Å². The summed E-state index contributed by atoms with van der Waals surface area (Å²) < 4.78 is 6.04. The molecule has 0 amide bonds. The number of aryl methyl sites for hydroxylation is 2. The van der Waals surface area contributed by atoms with Gasteiger partial charge in [0.1, 0.15) is 30.3 Å². The highest BCUT2D eigenvalue weighted by Gasteiger charge is 2.18. The van der Waals surface area contributed by atoms with Crippen LogP contribution in [0.25, 0.3) is 22.2 Å². The van der Waals surface area contributed by atoms with Crippen molar-refractivity contribution in [1.82, 2.24) is 19.9 Å². The number of hydrogen-bond acceptors (Lipinski definition) is 5. The van der Waals surface area contributed by atoms with E-state index in [-0.39, 0.29) is 0 Å². The highest BCUT2D eigenvalue weighted by atomic mass is 16.5. The van der Waals surface area contributed by atoms with Crippen LogP contribution >= 0.6 is 0 Å². The zero-order chi connectivity index (χ0) is 20.5. The zero-order valence-corrected chi connectivity index (χ0v) is 17.4. The van der Waals surface area contributed by atoms with E-state index in [1.807, 2.05) is 6.92 Å². The van der Waals surface area contributed by atoms with E-state index in [0.717, 1.165) is 65.6 Å². The van der Waals surface area contributed by atoms with Crippen molar-refractivity contribution in [2.75, 3.05) is 18.1 Å². The van der Waals surface area contributed by atoms with Crippen LogP contribution in [0.2, 0.25) is 0 Å². The van der Waals surface area contributed by atoms with E-state index < -0.39 is 0 Å². The molecule has 0 unspecified atom stereocenters. The minimum atomic E-state index is 0.638. The van der Waals surface area contributed by atoms with Gasteiger partial charge < -0.3 is 14.6 Å². The van der Waals surface area contributed by atoms with Gasteiger partial charge in [-0.3, -0.25) is 0 Å². The molecule has 1 aliphatic rings. The van der Waals surface area contributed by atoms with Crippen molar-refractivity contribution < 1.29 is 4.74 Å². The third-order valence-electron chi connectivity index (χ3n) is 5.51. The van der Waals surface area contributed by atoms with Gasteiger partial charge in [-0.05, 0) is 48.7 Å². The number of ether oxygens (including phenoxy) is 1. The minimum Gasteiger partial charge on any atom is -0.491 e. The van der Waals surface area contributed by atoms with Gasteiger partial charge in [0.05, 0.1) is 17.6 Å². The van der Waals surface area contributed by atoms with E-state index in [4.69, 9.17) is 4.74 Å². The molecule has 6 heteroatoms. The van der Waals surface area contributed by atoms with Crippen molar-refractivity contribution >= 4 is 16.9 Å². The van der Waals surface area contributed by atoms with E-state index >= 15 is 0 Å². The van der Waals surface area contributed by atoms with Gasteiger partial charge in [0, 0.05) is 23.9 Å². The molecule has 152 valence electrons. The van der Waals surface area contributed by atoms with Crippen molar-refractivity contribution in [2.24, 2.45) is 0 Å². The molecule has 0 saturated carbocycles. The third-order valence-corrected chi connectivity index (χ3v) is 5.51. The number of nitrogens with one attached hydrogen (secondary N) is 1. The van der Waals surface area contributed by atoms with Gasteiger partial charge in [0.2, 0.25) is 0 Å². The predicted molar refractivity (Wildman–Crippen MR) is 119 cm³/mol. The summed E-state index contributed by atoms with van der Waals surface area (Å²) >= 11 is 0. The molecular formula is C24H25N5O. The first kappa shape index (κ1) is 18.6. The summed E-state index contributed by atoms with van der Waals surface area (Å²) in [6, 6.07) is 14.9. The maximum absolute atomic E-state index is 6.04. The molecule has 0 atom stereocenters. The average molecular weight is 399 g/mol. The Morgan fingerprint density at radius 1 is 1.07 bits per heavy atom. The van der Waals surface area contributed by atoms with Crippen LogP contribution in [0, 0.1) is 6.92 Å². The molecule has 30 heavy (non-hydrogen) atoms. The molecule has 1 aliphatic heterocycles. The first-order valence-electron chi connectivity index (χ1n) is 10.5. The second kappa shape index (κ2) is 7.78. The fourth-order valence-corrected chi connectivity index (χ4v) is 4.04. The fraction of sp³-hybridized carbons (Fsp3) is 0.292. The number of aromatic nitrogens is 4. The number of rotatable bonds is 4. The van der Waals surface area contributed by atoms with Crippen LogP contribution < -0.4 is 9.64 Å². The average Bonchev–Trinajstić information content (AvgIpc) is 2.99.